The molecule has 1 aromatic carbocycles. The lowest BCUT2D eigenvalue weighted by Crippen LogP contribution is -2.53. The molecule has 0 heterocycles. The first kappa shape index (κ1) is 12.3. The Morgan fingerprint density at radius 3 is 2.59 bits per heavy atom. The summed E-state index contributed by atoms with van der Waals surface area (Å²) in [5.41, 5.74) is 5.96. The van der Waals surface area contributed by atoms with Crippen LogP contribution in [0.3, 0.4) is 0 Å². The van der Waals surface area contributed by atoms with Gasteiger partial charge in [-0.15, -0.1) is 0 Å². The highest BCUT2D eigenvalue weighted by Gasteiger charge is 2.56. The van der Waals surface area contributed by atoms with Crippen molar-refractivity contribution in [3.63, 3.8) is 0 Å². The molecular formula is C13H17F2NO. The first-order valence-electron chi connectivity index (χ1n) is 5.83. The molecule has 0 amide bonds. The number of nitrogens with two attached hydrogens (primary N) is 1. The van der Waals surface area contributed by atoms with E-state index >= 15 is 0 Å². The minimum atomic E-state index is -2.57. The molecule has 0 atom stereocenters. The number of ether oxygens (including phenoxy) is 1. The van der Waals surface area contributed by atoms with Crippen molar-refractivity contribution in [2.75, 3.05) is 13.2 Å². The standard InChI is InChI=1S/C13H17F2NO/c1-2-17-11-5-3-4-10(6-11)12(9-16)7-13(14,15)8-12/h3-6H,2,7-9,16H2,1H3. The molecule has 4 heteroatoms. The monoisotopic (exact) mass is 241 g/mol. The zero-order valence-electron chi connectivity index (χ0n) is 9.88. The van der Waals surface area contributed by atoms with Crippen molar-refractivity contribution in [3.05, 3.63) is 29.8 Å². The summed E-state index contributed by atoms with van der Waals surface area (Å²) in [6.45, 7) is 2.70. The zero-order valence-corrected chi connectivity index (χ0v) is 9.88. The van der Waals surface area contributed by atoms with Crippen LogP contribution in [-0.2, 0) is 5.41 Å². The second-order valence-electron chi connectivity index (χ2n) is 4.65. The molecule has 1 saturated carbocycles. The van der Waals surface area contributed by atoms with Gasteiger partial charge in [0.15, 0.2) is 0 Å². The molecule has 0 unspecified atom stereocenters. The highest BCUT2D eigenvalue weighted by Crippen LogP contribution is 2.53. The maximum atomic E-state index is 13.1. The first-order chi connectivity index (χ1) is 8.01. The summed E-state index contributed by atoms with van der Waals surface area (Å²) in [5, 5.41) is 0. The van der Waals surface area contributed by atoms with Crippen molar-refractivity contribution >= 4 is 0 Å². The van der Waals surface area contributed by atoms with Crippen molar-refractivity contribution in [3.8, 4) is 5.75 Å². The van der Waals surface area contributed by atoms with Gasteiger partial charge >= 0.3 is 0 Å². The molecule has 1 aliphatic rings. The van der Waals surface area contributed by atoms with Gasteiger partial charge in [-0.25, -0.2) is 8.78 Å². The van der Waals surface area contributed by atoms with Gasteiger partial charge in [-0.1, -0.05) is 12.1 Å². The van der Waals surface area contributed by atoms with Gasteiger partial charge in [0.05, 0.1) is 6.61 Å². The summed E-state index contributed by atoms with van der Waals surface area (Å²) >= 11 is 0. The molecule has 2 N–H and O–H groups in total. The summed E-state index contributed by atoms with van der Waals surface area (Å²) in [7, 11) is 0. The van der Waals surface area contributed by atoms with Crippen LogP contribution in [0.2, 0.25) is 0 Å². The van der Waals surface area contributed by atoms with Crippen molar-refractivity contribution < 1.29 is 13.5 Å². The third-order valence-corrected chi connectivity index (χ3v) is 3.34. The highest BCUT2D eigenvalue weighted by atomic mass is 19.3. The Kier molecular flexibility index (Phi) is 3.08. The predicted molar refractivity (Wildman–Crippen MR) is 62.5 cm³/mol. The van der Waals surface area contributed by atoms with Gasteiger partial charge in [-0.05, 0) is 24.6 Å². The largest absolute Gasteiger partial charge is 0.494 e. The Morgan fingerprint density at radius 2 is 2.06 bits per heavy atom. The van der Waals surface area contributed by atoms with E-state index in [1.54, 1.807) is 0 Å². The quantitative estimate of drug-likeness (QED) is 0.879. The number of alkyl halides is 2. The van der Waals surface area contributed by atoms with Crippen LogP contribution in [-0.4, -0.2) is 19.1 Å². The van der Waals surface area contributed by atoms with Crippen LogP contribution in [0.25, 0.3) is 0 Å². The van der Waals surface area contributed by atoms with Crippen molar-refractivity contribution in [1.82, 2.24) is 0 Å². The van der Waals surface area contributed by atoms with Crippen molar-refractivity contribution in [2.24, 2.45) is 5.73 Å². The summed E-state index contributed by atoms with van der Waals surface area (Å²) < 4.78 is 31.5. The van der Waals surface area contributed by atoms with E-state index in [9.17, 15) is 8.78 Å². The Labute approximate surface area is 99.8 Å². The van der Waals surface area contributed by atoms with E-state index < -0.39 is 11.3 Å². The SMILES string of the molecule is CCOc1cccc(C2(CN)CC(F)(F)C2)c1. The summed E-state index contributed by atoms with van der Waals surface area (Å²) in [6.07, 6.45) is -0.321. The van der Waals surface area contributed by atoms with E-state index in [1.165, 1.54) is 0 Å². The second kappa shape index (κ2) is 4.26. The number of halogens is 2. The van der Waals surface area contributed by atoms with Crippen LogP contribution in [0, 0.1) is 0 Å². The minimum Gasteiger partial charge on any atom is -0.494 e. The molecule has 0 aliphatic heterocycles. The van der Waals surface area contributed by atoms with E-state index in [-0.39, 0.29) is 19.4 Å². The first-order valence-corrected chi connectivity index (χ1v) is 5.83. The Bertz CT molecular complexity index is 398. The third-order valence-electron chi connectivity index (χ3n) is 3.34. The maximum absolute atomic E-state index is 13.1. The zero-order chi connectivity index (χ0) is 12.5. The fraction of sp³-hybridized carbons (Fsp3) is 0.538. The van der Waals surface area contributed by atoms with E-state index in [2.05, 4.69) is 0 Å². The lowest BCUT2D eigenvalue weighted by Gasteiger charge is -2.47. The third kappa shape index (κ3) is 2.27. The predicted octanol–water partition coefficient (Wildman–Crippen LogP) is 2.71. The number of rotatable bonds is 4. The Morgan fingerprint density at radius 1 is 1.35 bits per heavy atom. The fourth-order valence-corrected chi connectivity index (χ4v) is 2.49. The number of benzene rings is 1. The minimum absolute atomic E-state index is 0.161. The topological polar surface area (TPSA) is 35.2 Å². The van der Waals surface area contributed by atoms with Crippen LogP contribution in [0.15, 0.2) is 24.3 Å². The molecule has 1 aliphatic carbocycles. The van der Waals surface area contributed by atoms with Crippen LogP contribution in [0.5, 0.6) is 5.75 Å². The molecule has 0 saturated heterocycles. The smallest absolute Gasteiger partial charge is 0.250 e. The van der Waals surface area contributed by atoms with Crippen LogP contribution >= 0.6 is 0 Å². The average molecular weight is 241 g/mol. The fourth-order valence-electron chi connectivity index (χ4n) is 2.49. The molecule has 0 spiro atoms. The van der Waals surface area contributed by atoms with Gasteiger partial charge < -0.3 is 10.5 Å². The highest BCUT2D eigenvalue weighted by molar-refractivity contribution is 5.37. The van der Waals surface area contributed by atoms with Gasteiger partial charge in [-0.2, -0.15) is 0 Å². The molecule has 0 bridgehead atoms. The summed E-state index contributed by atoms with van der Waals surface area (Å²) in [5.74, 6) is -1.85. The molecule has 1 aromatic rings. The molecule has 17 heavy (non-hydrogen) atoms. The van der Waals surface area contributed by atoms with Crippen molar-refractivity contribution in [1.29, 1.82) is 0 Å². The normalized spacial score (nSPS) is 20.7. The van der Waals surface area contributed by atoms with Crippen LogP contribution in [0.4, 0.5) is 8.78 Å². The van der Waals surface area contributed by atoms with E-state index in [0.29, 0.717) is 12.4 Å². The maximum Gasteiger partial charge on any atom is 0.250 e. The summed E-state index contributed by atoms with van der Waals surface area (Å²) in [6, 6.07) is 7.33. The Balaban J connectivity index is 2.24. The second-order valence-corrected chi connectivity index (χ2v) is 4.65. The Hall–Kier alpha value is -1.16. The lowest BCUT2D eigenvalue weighted by molar-refractivity contribution is -0.123. The van der Waals surface area contributed by atoms with E-state index in [1.807, 2.05) is 31.2 Å². The van der Waals surface area contributed by atoms with E-state index in [0.717, 1.165) is 5.56 Å². The molecule has 0 aromatic heterocycles. The number of hydrogen-bond acceptors (Lipinski definition) is 2. The molecule has 0 radical (unpaired) electrons. The molecule has 1 fully saturated rings. The van der Waals surface area contributed by atoms with Gasteiger partial charge in [-0.3, -0.25) is 0 Å². The molecule has 94 valence electrons. The van der Waals surface area contributed by atoms with E-state index in [4.69, 9.17) is 10.5 Å². The van der Waals surface area contributed by atoms with Crippen molar-refractivity contribution in [2.45, 2.75) is 31.1 Å². The molecular weight excluding hydrogens is 224 g/mol. The molecule has 2 nitrogen and oxygen atoms in total. The number of hydrogen-bond donors (Lipinski definition) is 1. The van der Waals surface area contributed by atoms with Gasteiger partial charge in [0.1, 0.15) is 5.75 Å². The lowest BCUT2D eigenvalue weighted by atomic mass is 9.62. The van der Waals surface area contributed by atoms with Gasteiger partial charge in [0.2, 0.25) is 5.92 Å². The van der Waals surface area contributed by atoms with Gasteiger partial charge in [0.25, 0.3) is 0 Å². The molecule has 2 rings (SSSR count). The van der Waals surface area contributed by atoms with Gasteiger partial charge in [0, 0.05) is 24.8 Å². The average Bonchev–Trinajstić information content (AvgIpc) is 2.26. The summed E-state index contributed by atoms with van der Waals surface area (Å²) in [4.78, 5) is 0. The van der Waals surface area contributed by atoms with Crippen LogP contribution < -0.4 is 10.5 Å². The van der Waals surface area contributed by atoms with Crippen LogP contribution in [0.1, 0.15) is 25.3 Å².